The average molecular weight is 344 g/mol. The number of likely N-dealkylation sites (N-methyl/N-ethyl adjacent to an activating group) is 1. The van der Waals surface area contributed by atoms with Gasteiger partial charge in [0.15, 0.2) is 0 Å². The molecule has 132 valence electrons. The smallest absolute Gasteiger partial charge is 0.135 e. The van der Waals surface area contributed by atoms with E-state index in [0.29, 0.717) is 5.56 Å². The van der Waals surface area contributed by atoms with Crippen molar-refractivity contribution < 1.29 is 13.9 Å². The zero-order valence-corrected chi connectivity index (χ0v) is 14.2. The molecule has 2 heterocycles. The number of hydrogen-bond donors (Lipinski definition) is 2. The third-order valence-corrected chi connectivity index (χ3v) is 5.73. The SMILES string of the molecule is CN1CC[C@@]2(CC[C@H](c3cccc(-c4ccccc4F)c3F)N2)C1O. The molecule has 3 nitrogen and oxygen atoms in total. The van der Waals surface area contributed by atoms with Crippen LogP contribution >= 0.6 is 0 Å². The van der Waals surface area contributed by atoms with Crippen LogP contribution in [0.15, 0.2) is 42.5 Å². The Hall–Kier alpha value is -1.82. The van der Waals surface area contributed by atoms with Crippen molar-refractivity contribution >= 4 is 0 Å². The van der Waals surface area contributed by atoms with Gasteiger partial charge in [-0.2, -0.15) is 0 Å². The fraction of sp³-hybridized carbons (Fsp3) is 0.400. The van der Waals surface area contributed by atoms with Gasteiger partial charge in [0.05, 0.1) is 5.54 Å². The van der Waals surface area contributed by atoms with Gasteiger partial charge in [0, 0.05) is 29.3 Å². The molecule has 2 aromatic carbocycles. The highest BCUT2D eigenvalue weighted by Crippen LogP contribution is 2.42. The zero-order chi connectivity index (χ0) is 17.6. The number of hydrogen-bond acceptors (Lipinski definition) is 3. The minimum atomic E-state index is -0.560. The van der Waals surface area contributed by atoms with Gasteiger partial charge in [-0.25, -0.2) is 8.78 Å². The Labute approximate surface area is 146 Å². The highest BCUT2D eigenvalue weighted by molar-refractivity contribution is 5.66. The third-order valence-electron chi connectivity index (χ3n) is 5.73. The van der Waals surface area contributed by atoms with Crippen LogP contribution in [0.4, 0.5) is 8.78 Å². The zero-order valence-electron chi connectivity index (χ0n) is 14.2. The maximum absolute atomic E-state index is 15.2. The molecule has 0 radical (unpaired) electrons. The largest absolute Gasteiger partial charge is 0.376 e. The normalized spacial score (nSPS) is 29.6. The monoisotopic (exact) mass is 344 g/mol. The van der Waals surface area contributed by atoms with Crippen LogP contribution < -0.4 is 5.32 Å². The van der Waals surface area contributed by atoms with Crippen molar-refractivity contribution in [2.75, 3.05) is 13.6 Å². The summed E-state index contributed by atoms with van der Waals surface area (Å²) in [6.07, 6.45) is 1.83. The Kier molecular flexibility index (Phi) is 4.10. The second-order valence-electron chi connectivity index (χ2n) is 7.18. The molecule has 3 atom stereocenters. The lowest BCUT2D eigenvalue weighted by Crippen LogP contribution is -2.50. The molecule has 0 aromatic heterocycles. The molecule has 4 rings (SSSR count). The first-order valence-corrected chi connectivity index (χ1v) is 8.71. The summed E-state index contributed by atoms with van der Waals surface area (Å²) in [5.74, 6) is -0.815. The first-order chi connectivity index (χ1) is 12.0. The number of aliphatic hydroxyl groups is 1. The molecule has 1 unspecified atom stereocenters. The van der Waals surface area contributed by atoms with Gasteiger partial charge >= 0.3 is 0 Å². The number of halogens is 2. The van der Waals surface area contributed by atoms with Gasteiger partial charge in [0.2, 0.25) is 0 Å². The molecule has 25 heavy (non-hydrogen) atoms. The van der Waals surface area contributed by atoms with Crippen molar-refractivity contribution in [3.05, 3.63) is 59.7 Å². The van der Waals surface area contributed by atoms with Crippen LogP contribution in [0.25, 0.3) is 11.1 Å². The van der Waals surface area contributed by atoms with E-state index in [2.05, 4.69) is 5.32 Å². The predicted octanol–water partition coefficient (Wildman–Crippen LogP) is 3.45. The molecule has 0 aliphatic carbocycles. The van der Waals surface area contributed by atoms with Crippen molar-refractivity contribution in [1.82, 2.24) is 10.2 Å². The van der Waals surface area contributed by atoms with Crippen molar-refractivity contribution in [3.8, 4) is 11.1 Å². The Morgan fingerprint density at radius 3 is 2.56 bits per heavy atom. The van der Waals surface area contributed by atoms with E-state index in [0.717, 1.165) is 25.8 Å². The summed E-state index contributed by atoms with van der Waals surface area (Å²) >= 11 is 0. The predicted molar refractivity (Wildman–Crippen MR) is 92.9 cm³/mol. The number of nitrogens with zero attached hydrogens (tertiary/aromatic N) is 1. The van der Waals surface area contributed by atoms with E-state index in [1.807, 2.05) is 11.9 Å². The fourth-order valence-electron chi connectivity index (χ4n) is 4.28. The maximum atomic E-state index is 15.2. The van der Waals surface area contributed by atoms with Gasteiger partial charge in [-0.05, 0) is 32.4 Å². The van der Waals surface area contributed by atoms with Crippen molar-refractivity contribution in [2.24, 2.45) is 0 Å². The van der Waals surface area contributed by atoms with Crippen LogP contribution in [0, 0.1) is 11.6 Å². The van der Waals surface area contributed by atoms with Crippen molar-refractivity contribution in [2.45, 2.75) is 37.1 Å². The molecule has 0 amide bonds. The minimum absolute atomic E-state index is 0.173. The van der Waals surface area contributed by atoms with E-state index in [1.165, 1.54) is 6.07 Å². The van der Waals surface area contributed by atoms with Gasteiger partial charge in [-0.3, -0.25) is 4.90 Å². The van der Waals surface area contributed by atoms with E-state index in [1.54, 1.807) is 36.4 Å². The summed E-state index contributed by atoms with van der Waals surface area (Å²) in [4.78, 5) is 1.92. The number of rotatable bonds is 2. The molecule has 1 spiro atoms. The molecule has 2 aliphatic heterocycles. The lowest BCUT2D eigenvalue weighted by atomic mass is 9.94. The van der Waals surface area contributed by atoms with Crippen LogP contribution in [0.3, 0.4) is 0 Å². The summed E-state index contributed by atoms with van der Waals surface area (Å²) in [5.41, 5.74) is 0.719. The lowest BCUT2D eigenvalue weighted by molar-refractivity contribution is 0.00112. The Morgan fingerprint density at radius 1 is 1.08 bits per heavy atom. The molecule has 2 aliphatic rings. The first kappa shape index (κ1) is 16.6. The summed E-state index contributed by atoms with van der Waals surface area (Å²) < 4.78 is 29.2. The van der Waals surface area contributed by atoms with Crippen LogP contribution in [0.2, 0.25) is 0 Å². The summed E-state index contributed by atoms with van der Waals surface area (Å²) in [7, 11) is 1.90. The molecular weight excluding hydrogens is 322 g/mol. The summed E-state index contributed by atoms with van der Waals surface area (Å²) in [6.45, 7) is 0.818. The summed E-state index contributed by atoms with van der Waals surface area (Å²) in [5, 5.41) is 13.9. The quantitative estimate of drug-likeness (QED) is 0.876. The van der Waals surface area contributed by atoms with Crippen LogP contribution in [-0.4, -0.2) is 35.4 Å². The molecular formula is C20H22F2N2O. The third kappa shape index (κ3) is 2.67. The standard InChI is InChI=1S/C20H22F2N2O/c1-24-12-11-20(19(24)25)10-9-17(23-20)15-7-4-6-14(18(15)22)13-5-2-3-8-16(13)21/h2-8,17,19,23,25H,9-12H2,1H3/t17-,19?,20+/m1/s1. The Balaban J connectivity index is 1.67. The van der Waals surface area contributed by atoms with Gasteiger partial charge in [-0.1, -0.05) is 36.4 Å². The average Bonchev–Trinajstić information content (AvgIpc) is 3.16. The number of aliphatic hydroxyl groups excluding tert-OH is 1. The Morgan fingerprint density at radius 2 is 1.84 bits per heavy atom. The van der Waals surface area contributed by atoms with Crippen molar-refractivity contribution in [3.63, 3.8) is 0 Å². The Bertz CT molecular complexity index is 797. The van der Waals surface area contributed by atoms with E-state index in [-0.39, 0.29) is 28.5 Å². The van der Waals surface area contributed by atoms with E-state index in [9.17, 15) is 9.50 Å². The van der Waals surface area contributed by atoms with Crippen LogP contribution in [-0.2, 0) is 0 Å². The molecule has 5 heteroatoms. The lowest BCUT2D eigenvalue weighted by Gasteiger charge is -2.31. The van der Waals surface area contributed by atoms with Gasteiger partial charge < -0.3 is 10.4 Å². The van der Waals surface area contributed by atoms with Crippen LogP contribution in [0.1, 0.15) is 30.9 Å². The van der Waals surface area contributed by atoms with E-state index < -0.39 is 12.0 Å². The molecule has 2 saturated heterocycles. The maximum Gasteiger partial charge on any atom is 0.135 e. The second kappa shape index (κ2) is 6.16. The number of nitrogens with one attached hydrogen (secondary N) is 1. The van der Waals surface area contributed by atoms with Gasteiger partial charge in [-0.15, -0.1) is 0 Å². The fourth-order valence-corrected chi connectivity index (χ4v) is 4.28. The number of benzene rings is 2. The topological polar surface area (TPSA) is 35.5 Å². The molecule has 0 bridgehead atoms. The number of likely N-dealkylation sites (tertiary alicyclic amines) is 1. The molecule has 2 N–H and O–H groups in total. The van der Waals surface area contributed by atoms with Crippen molar-refractivity contribution in [1.29, 1.82) is 0 Å². The highest BCUT2D eigenvalue weighted by Gasteiger charge is 2.50. The molecule has 2 fully saturated rings. The second-order valence-corrected chi connectivity index (χ2v) is 7.18. The summed E-state index contributed by atoms with van der Waals surface area (Å²) in [6, 6.07) is 11.2. The minimum Gasteiger partial charge on any atom is -0.376 e. The molecule has 2 aromatic rings. The highest BCUT2D eigenvalue weighted by atomic mass is 19.1. The van der Waals surface area contributed by atoms with E-state index >= 15 is 4.39 Å². The van der Waals surface area contributed by atoms with E-state index in [4.69, 9.17) is 0 Å². The van der Waals surface area contributed by atoms with Gasteiger partial charge in [0.1, 0.15) is 17.9 Å². The van der Waals surface area contributed by atoms with Crippen LogP contribution in [0.5, 0.6) is 0 Å². The van der Waals surface area contributed by atoms with Gasteiger partial charge in [0.25, 0.3) is 0 Å². The molecule has 0 saturated carbocycles. The first-order valence-electron chi connectivity index (χ1n) is 8.71.